The number of halogens is 1. The van der Waals surface area contributed by atoms with Crippen LogP contribution in [0.15, 0.2) is 24.3 Å². The van der Waals surface area contributed by atoms with Crippen molar-refractivity contribution in [2.75, 3.05) is 18.4 Å². The minimum atomic E-state index is -0.250. The number of urea groups is 1. The molecule has 0 aliphatic carbocycles. The SMILES string of the molecule is CC(C)NC(=O)[C@@H]1C[C@H]2CN(C(=O)Nc3ccccc3Cl)C[C@@H]1O2. The molecule has 7 heteroatoms. The van der Waals surface area contributed by atoms with Gasteiger partial charge in [0.05, 0.1) is 28.8 Å². The minimum absolute atomic E-state index is 0.00543. The van der Waals surface area contributed by atoms with E-state index in [1.165, 1.54) is 0 Å². The third kappa shape index (κ3) is 3.65. The van der Waals surface area contributed by atoms with Crippen molar-refractivity contribution < 1.29 is 14.3 Å². The van der Waals surface area contributed by atoms with E-state index >= 15 is 0 Å². The molecule has 2 aliphatic heterocycles. The molecule has 1 aromatic carbocycles. The molecule has 2 heterocycles. The molecule has 3 amide bonds. The fourth-order valence-electron chi connectivity index (χ4n) is 3.25. The Bertz CT molecular complexity index is 637. The number of nitrogens with one attached hydrogen (secondary N) is 2. The van der Waals surface area contributed by atoms with Gasteiger partial charge in [-0.15, -0.1) is 0 Å². The van der Waals surface area contributed by atoms with Gasteiger partial charge >= 0.3 is 6.03 Å². The highest BCUT2D eigenvalue weighted by Gasteiger charge is 2.45. The molecule has 0 aromatic heterocycles. The van der Waals surface area contributed by atoms with Gasteiger partial charge in [-0.25, -0.2) is 4.79 Å². The molecule has 2 N–H and O–H groups in total. The largest absolute Gasteiger partial charge is 0.370 e. The third-order valence-corrected chi connectivity index (χ3v) is 4.66. The molecule has 2 saturated heterocycles. The molecule has 0 saturated carbocycles. The Morgan fingerprint density at radius 2 is 2.04 bits per heavy atom. The number of hydrogen-bond acceptors (Lipinski definition) is 3. The van der Waals surface area contributed by atoms with Crippen molar-refractivity contribution in [3.05, 3.63) is 29.3 Å². The van der Waals surface area contributed by atoms with E-state index < -0.39 is 0 Å². The van der Waals surface area contributed by atoms with Gasteiger partial charge < -0.3 is 20.3 Å². The number of likely N-dealkylation sites (tertiary alicyclic amines) is 1. The standard InChI is InChI=1S/C17H22ClN3O3/c1-10(2)19-16(22)12-7-11-8-21(9-15(12)24-11)17(23)20-14-6-4-3-5-13(14)18/h3-6,10-12,15H,7-9H2,1-2H3,(H,19,22)(H,20,23)/t11-,12+,15-/m0/s1. The Hall–Kier alpha value is -1.79. The Morgan fingerprint density at radius 1 is 1.29 bits per heavy atom. The predicted octanol–water partition coefficient (Wildman–Crippen LogP) is 2.49. The van der Waals surface area contributed by atoms with Gasteiger partial charge in [-0.1, -0.05) is 23.7 Å². The predicted molar refractivity (Wildman–Crippen MR) is 92.1 cm³/mol. The number of carbonyl (C=O) groups is 2. The van der Waals surface area contributed by atoms with Crippen LogP contribution in [0.5, 0.6) is 0 Å². The van der Waals surface area contributed by atoms with Gasteiger partial charge in [0.1, 0.15) is 0 Å². The first kappa shape index (κ1) is 17.0. The summed E-state index contributed by atoms with van der Waals surface area (Å²) in [5.41, 5.74) is 0.581. The summed E-state index contributed by atoms with van der Waals surface area (Å²) in [6.07, 6.45) is 0.308. The molecule has 3 rings (SSSR count). The van der Waals surface area contributed by atoms with Crippen LogP contribution in [-0.2, 0) is 9.53 Å². The normalized spacial score (nSPS) is 25.7. The fraction of sp³-hybridized carbons (Fsp3) is 0.529. The highest BCUT2D eigenvalue weighted by atomic mass is 35.5. The summed E-state index contributed by atoms with van der Waals surface area (Å²) in [4.78, 5) is 26.5. The monoisotopic (exact) mass is 351 g/mol. The highest BCUT2D eigenvalue weighted by molar-refractivity contribution is 6.33. The molecule has 2 fully saturated rings. The summed E-state index contributed by atoms with van der Waals surface area (Å²) < 4.78 is 5.86. The quantitative estimate of drug-likeness (QED) is 0.879. The van der Waals surface area contributed by atoms with Gasteiger partial charge in [-0.3, -0.25) is 4.79 Å². The number of ether oxygens (including phenoxy) is 1. The smallest absolute Gasteiger partial charge is 0.322 e. The molecular weight excluding hydrogens is 330 g/mol. The molecule has 1 aromatic rings. The number of para-hydroxylation sites is 1. The summed E-state index contributed by atoms with van der Waals surface area (Å²) in [6.45, 7) is 4.76. The van der Waals surface area contributed by atoms with E-state index in [1.807, 2.05) is 26.0 Å². The lowest BCUT2D eigenvalue weighted by Crippen LogP contribution is -2.49. The first-order valence-corrected chi connectivity index (χ1v) is 8.58. The average Bonchev–Trinajstić information content (AvgIpc) is 2.83. The van der Waals surface area contributed by atoms with Crippen molar-refractivity contribution in [1.29, 1.82) is 0 Å². The van der Waals surface area contributed by atoms with Crippen LogP contribution in [0.4, 0.5) is 10.5 Å². The maximum atomic E-state index is 12.5. The number of carbonyl (C=O) groups excluding carboxylic acids is 2. The molecular formula is C17H22ClN3O3. The Labute approximate surface area is 146 Å². The summed E-state index contributed by atoms with van der Waals surface area (Å²) in [5, 5.41) is 6.25. The van der Waals surface area contributed by atoms with E-state index in [9.17, 15) is 9.59 Å². The molecule has 2 aliphatic rings. The summed E-state index contributed by atoms with van der Waals surface area (Å²) >= 11 is 6.08. The van der Waals surface area contributed by atoms with Crippen LogP contribution in [0.1, 0.15) is 20.3 Å². The zero-order valence-corrected chi connectivity index (χ0v) is 14.5. The summed E-state index contributed by atoms with van der Waals surface area (Å²) in [5.74, 6) is -0.193. The van der Waals surface area contributed by atoms with Crippen molar-refractivity contribution in [1.82, 2.24) is 10.2 Å². The Morgan fingerprint density at radius 3 is 2.75 bits per heavy atom. The van der Waals surface area contributed by atoms with Gasteiger partial charge in [0.15, 0.2) is 0 Å². The fourth-order valence-corrected chi connectivity index (χ4v) is 3.43. The summed E-state index contributed by atoms with van der Waals surface area (Å²) in [7, 11) is 0. The first-order valence-electron chi connectivity index (χ1n) is 8.20. The molecule has 0 spiro atoms. The minimum Gasteiger partial charge on any atom is -0.370 e. The van der Waals surface area contributed by atoms with Crippen LogP contribution in [0.25, 0.3) is 0 Å². The van der Waals surface area contributed by atoms with E-state index in [1.54, 1.807) is 17.0 Å². The molecule has 0 radical (unpaired) electrons. The van der Waals surface area contributed by atoms with E-state index in [4.69, 9.17) is 16.3 Å². The highest BCUT2D eigenvalue weighted by Crippen LogP contribution is 2.32. The maximum Gasteiger partial charge on any atom is 0.322 e. The Balaban J connectivity index is 1.63. The number of nitrogens with zero attached hydrogens (tertiary/aromatic N) is 1. The van der Waals surface area contributed by atoms with Crippen LogP contribution in [0.2, 0.25) is 5.02 Å². The second-order valence-corrected chi connectivity index (χ2v) is 7.02. The third-order valence-electron chi connectivity index (χ3n) is 4.33. The van der Waals surface area contributed by atoms with E-state index in [-0.39, 0.29) is 36.1 Å². The number of amides is 3. The zero-order chi connectivity index (χ0) is 17.3. The van der Waals surface area contributed by atoms with Gasteiger partial charge in [-0.2, -0.15) is 0 Å². The second-order valence-electron chi connectivity index (χ2n) is 6.62. The molecule has 6 nitrogen and oxygen atoms in total. The van der Waals surface area contributed by atoms with Crippen molar-refractivity contribution in [2.45, 2.75) is 38.5 Å². The molecule has 0 unspecified atom stereocenters. The lowest BCUT2D eigenvalue weighted by molar-refractivity contribution is -0.128. The molecule has 130 valence electrons. The number of rotatable bonds is 3. The average molecular weight is 352 g/mol. The van der Waals surface area contributed by atoms with Crippen LogP contribution in [0.3, 0.4) is 0 Å². The van der Waals surface area contributed by atoms with Crippen molar-refractivity contribution in [3.8, 4) is 0 Å². The van der Waals surface area contributed by atoms with Gasteiger partial charge in [0, 0.05) is 19.1 Å². The van der Waals surface area contributed by atoms with Crippen LogP contribution in [0, 0.1) is 5.92 Å². The van der Waals surface area contributed by atoms with E-state index in [2.05, 4.69) is 10.6 Å². The lowest BCUT2D eigenvalue weighted by atomic mass is 9.99. The zero-order valence-electron chi connectivity index (χ0n) is 13.8. The molecule has 2 bridgehead atoms. The molecule has 3 atom stereocenters. The van der Waals surface area contributed by atoms with E-state index in [0.717, 1.165) is 0 Å². The number of morpholine rings is 1. The number of benzene rings is 1. The maximum absolute atomic E-state index is 12.5. The Kier molecular flexibility index (Phi) is 4.96. The number of fused-ring (bicyclic) bond motifs is 2. The first-order chi connectivity index (χ1) is 11.4. The van der Waals surface area contributed by atoms with Crippen LogP contribution < -0.4 is 10.6 Å². The van der Waals surface area contributed by atoms with Crippen LogP contribution >= 0.6 is 11.6 Å². The van der Waals surface area contributed by atoms with E-state index in [0.29, 0.717) is 30.2 Å². The second kappa shape index (κ2) is 6.99. The molecule has 24 heavy (non-hydrogen) atoms. The lowest BCUT2D eigenvalue weighted by Gasteiger charge is -2.32. The topological polar surface area (TPSA) is 70.7 Å². The van der Waals surface area contributed by atoms with Gasteiger partial charge in [-0.05, 0) is 32.4 Å². The van der Waals surface area contributed by atoms with Crippen molar-refractivity contribution in [2.24, 2.45) is 5.92 Å². The number of hydrogen-bond donors (Lipinski definition) is 2. The van der Waals surface area contributed by atoms with Gasteiger partial charge in [0.25, 0.3) is 0 Å². The number of anilines is 1. The van der Waals surface area contributed by atoms with Crippen LogP contribution in [-0.4, -0.2) is 48.2 Å². The summed E-state index contributed by atoms with van der Waals surface area (Å²) in [6, 6.07) is 6.99. The van der Waals surface area contributed by atoms with Crippen molar-refractivity contribution >= 4 is 29.2 Å². The van der Waals surface area contributed by atoms with Crippen molar-refractivity contribution in [3.63, 3.8) is 0 Å². The van der Waals surface area contributed by atoms with Gasteiger partial charge in [0.2, 0.25) is 5.91 Å².